The number of carbonyl (C=O) groups is 4. The number of hydrogen-bond acceptors (Lipinski definition) is 5. The van der Waals surface area contributed by atoms with E-state index in [-0.39, 0.29) is 29.2 Å². The Kier molecular flexibility index (Phi) is 5.82. The predicted octanol–water partition coefficient (Wildman–Crippen LogP) is 5.19. The molecule has 4 aromatic carbocycles. The third-order valence-corrected chi connectivity index (χ3v) is 8.54. The molecule has 0 saturated carbocycles. The molecule has 2 bridgehead atoms. The van der Waals surface area contributed by atoms with Crippen molar-refractivity contribution in [1.82, 2.24) is 0 Å². The SMILES string of the molecule is Cc1ccccc1NC(=O)COC(=O)c1cccc(N2C(=O)[C@@H]3C4c5ccccc5C(c5ccccc54)[C@@H]3C2=O)c1. The number of nitrogens with one attached hydrogen (secondary N) is 1. The van der Waals surface area contributed by atoms with Crippen molar-refractivity contribution in [1.29, 1.82) is 0 Å². The van der Waals surface area contributed by atoms with Crippen LogP contribution in [0.2, 0.25) is 0 Å². The lowest BCUT2D eigenvalue weighted by atomic mass is 9.55. The molecule has 1 N–H and O–H groups in total. The minimum Gasteiger partial charge on any atom is -0.452 e. The van der Waals surface area contributed by atoms with Crippen molar-refractivity contribution in [3.05, 3.63) is 130 Å². The van der Waals surface area contributed by atoms with Gasteiger partial charge in [0.05, 0.1) is 23.1 Å². The third kappa shape index (κ3) is 3.88. The van der Waals surface area contributed by atoms with Crippen molar-refractivity contribution in [3.63, 3.8) is 0 Å². The fourth-order valence-corrected chi connectivity index (χ4v) is 6.82. The molecule has 3 aliphatic carbocycles. The molecule has 4 aromatic rings. The van der Waals surface area contributed by atoms with Gasteiger partial charge in [0.2, 0.25) is 11.8 Å². The normalized spacial score (nSPS) is 21.6. The zero-order valence-corrected chi connectivity index (χ0v) is 22.2. The number of rotatable bonds is 5. The van der Waals surface area contributed by atoms with E-state index in [2.05, 4.69) is 29.6 Å². The molecule has 202 valence electrons. The second-order valence-electron chi connectivity index (χ2n) is 10.8. The van der Waals surface area contributed by atoms with Gasteiger partial charge in [-0.05, 0) is 59.0 Å². The Bertz CT molecular complexity index is 1650. The Morgan fingerprint density at radius 1 is 0.732 bits per heavy atom. The summed E-state index contributed by atoms with van der Waals surface area (Å²) in [6, 6.07) is 29.8. The van der Waals surface area contributed by atoms with Crippen molar-refractivity contribution in [2.45, 2.75) is 18.8 Å². The first kappa shape index (κ1) is 25.0. The Morgan fingerprint density at radius 3 is 1.83 bits per heavy atom. The number of benzene rings is 4. The molecule has 0 spiro atoms. The van der Waals surface area contributed by atoms with Crippen molar-refractivity contribution in [3.8, 4) is 0 Å². The Morgan fingerprint density at radius 2 is 1.27 bits per heavy atom. The number of hydrogen-bond donors (Lipinski definition) is 1. The highest BCUT2D eigenvalue weighted by atomic mass is 16.5. The van der Waals surface area contributed by atoms with Crippen LogP contribution in [0.3, 0.4) is 0 Å². The smallest absolute Gasteiger partial charge is 0.338 e. The van der Waals surface area contributed by atoms with Crippen LogP contribution >= 0.6 is 0 Å². The molecule has 7 heteroatoms. The summed E-state index contributed by atoms with van der Waals surface area (Å²) >= 11 is 0. The van der Waals surface area contributed by atoms with E-state index in [0.717, 1.165) is 27.8 Å². The molecule has 1 saturated heterocycles. The van der Waals surface area contributed by atoms with E-state index in [9.17, 15) is 19.2 Å². The second-order valence-corrected chi connectivity index (χ2v) is 10.8. The van der Waals surface area contributed by atoms with Gasteiger partial charge >= 0.3 is 5.97 Å². The quantitative estimate of drug-likeness (QED) is 0.277. The van der Waals surface area contributed by atoms with E-state index in [1.54, 1.807) is 30.3 Å². The molecule has 0 aromatic heterocycles. The van der Waals surface area contributed by atoms with Crippen molar-refractivity contribution in [2.24, 2.45) is 11.8 Å². The molecule has 0 radical (unpaired) electrons. The van der Waals surface area contributed by atoms with Gasteiger partial charge < -0.3 is 10.1 Å². The molecule has 0 unspecified atom stereocenters. The first-order chi connectivity index (χ1) is 19.9. The van der Waals surface area contributed by atoms with E-state index in [4.69, 9.17) is 4.74 Å². The highest BCUT2D eigenvalue weighted by molar-refractivity contribution is 6.23. The Labute approximate surface area is 236 Å². The highest BCUT2D eigenvalue weighted by Gasteiger charge is 2.61. The monoisotopic (exact) mass is 542 g/mol. The number of imide groups is 1. The fraction of sp³-hybridized carbons (Fsp3) is 0.176. The maximum Gasteiger partial charge on any atom is 0.338 e. The maximum absolute atomic E-state index is 14.0. The van der Waals surface area contributed by atoms with Gasteiger partial charge in [-0.2, -0.15) is 0 Å². The standard InChI is InChI=1S/C34H26N2O5/c1-19-9-2-7-16-26(19)35-27(37)18-41-34(40)20-10-8-11-21(17-20)36-32(38)30-28-22-12-3-4-13-23(22)29(31(30)33(36)39)25-15-6-5-14-24(25)28/h2-17,28-31H,18H2,1H3,(H,35,37)/t28?,29?,30-,31+. The van der Waals surface area contributed by atoms with E-state index in [0.29, 0.717) is 11.4 Å². The maximum atomic E-state index is 14.0. The van der Waals surface area contributed by atoms with Gasteiger partial charge in [-0.1, -0.05) is 72.8 Å². The minimum atomic E-state index is -0.719. The van der Waals surface area contributed by atoms with Gasteiger partial charge in [-0.3, -0.25) is 14.4 Å². The summed E-state index contributed by atoms with van der Waals surface area (Å²) in [5.41, 5.74) is 6.39. The van der Waals surface area contributed by atoms with Gasteiger partial charge in [-0.25, -0.2) is 9.69 Å². The molecule has 1 heterocycles. The molecular formula is C34H26N2O5. The lowest BCUT2D eigenvalue weighted by Crippen LogP contribution is -2.41. The number of para-hydroxylation sites is 1. The minimum absolute atomic E-state index is 0.149. The fourth-order valence-electron chi connectivity index (χ4n) is 6.82. The molecule has 41 heavy (non-hydrogen) atoms. The average Bonchev–Trinajstić information content (AvgIpc) is 3.27. The number of amides is 3. The number of anilines is 2. The number of nitrogens with zero attached hydrogens (tertiary/aromatic N) is 1. The molecule has 7 nitrogen and oxygen atoms in total. The number of carbonyl (C=O) groups excluding carboxylic acids is 4. The van der Waals surface area contributed by atoms with Crippen LogP contribution in [0.4, 0.5) is 11.4 Å². The van der Waals surface area contributed by atoms with Gasteiger partial charge in [-0.15, -0.1) is 0 Å². The molecule has 8 rings (SSSR count). The van der Waals surface area contributed by atoms with E-state index < -0.39 is 30.3 Å². The molecule has 3 amide bonds. The molecular weight excluding hydrogens is 516 g/mol. The Balaban J connectivity index is 1.14. The van der Waals surface area contributed by atoms with Crippen molar-refractivity contribution < 1.29 is 23.9 Å². The lowest BCUT2D eigenvalue weighted by Gasteiger charge is -2.45. The lowest BCUT2D eigenvalue weighted by molar-refractivity contribution is -0.122. The van der Waals surface area contributed by atoms with Crippen LogP contribution in [-0.2, 0) is 19.1 Å². The number of ether oxygens (including phenoxy) is 1. The topological polar surface area (TPSA) is 92.8 Å². The summed E-state index contributed by atoms with van der Waals surface area (Å²) in [7, 11) is 0. The molecule has 1 fully saturated rings. The first-order valence-corrected chi connectivity index (χ1v) is 13.6. The van der Waals surface area contributed by atoms with Gasteiger partial charge in [0.15, 0.2) is 6.61 Å². The van der Waals surface area contributed by atoms with E-state index >= 15 is 0 Å². The van der Waals surface area contributed by atoms with Gasteiger partial charge in [0.1, 0.15) is 0 Å². The zero-order valence-electron chi connectivity index (χ0n) is 22.2. The van der Waals surface area contributed by atoms with Crippen LogP contribution < -0.4 is 10.2 Å². The van der Waals surface area contributed by atoms with Crippen LogP contribution in [0.15, 0.2) is 97.1 Å². The van der Waals surface area contributed by atoms with Gasteiger partial charge in [0.25, 0.3) is 5.91 Å². The van der Waals surface area contributed by atoms with Crippen LogP contribution in [0, 0.1) is 18.8 Å². The van der Waals surface area contributed by atoms with Crippen LogP contribution in [0.1, 0.15) is 50.0 Å². The average molecular weight is 543 g/mol. The van der Waals surface area contributed by atoms with Crippen molar-refractivity contribution in [2.75, 3.05) is 16.8 Å². The summed E-state index contributed by atoms with van der Waals surface area (Å²) in [5.74, 6) is -3.16. The predicted molar refractivity (Wildman–Crippen MR) is 153 cm³/mol. The van der Waals surface area contributed by atoms with Crippen LogP contribution in [-0.4, -0.2) is 30.3 Å². The molecule has 2 atom stereocenters. The highest BCUT2D eigenvalue weighted by Crippen LogP contribution is 2.61. The third-order valence-electron chi connectivity index (χ3n) is 8.54. The summed E-state index contributed by atoms with van der Waals surface area (Å²) in [6.07, 6.45) is 0. The summed E-state index contributed by atoms with van der Waals surface area (Å²) < 4.78 is 5.26. The summed E-state index contributed by atoms with van der Waals surface area (Å²) in [5, 5.41) is 2.73. The second kappa shape index (κ2) is 9.55. The molecule has 1 aliphatic heterocycles. The zero-order chi connectivity index (χ0) is 28.2. The largest absolute Gasteiger partial charge is 0.452 e. The van der Waals surface area contributed by atoms with Crippen molar-refractivity contribution >= 4 is 35.1 Å². The molecule has 4 aliphatic rings. The van der Waals surface area contributed by atoms with Crippen LogP contribution in [0.5, 0.6) is 0 Å². The number of aryl methyl sites for hydroxylation is 1. The van der Waals surface area contributed by atoms with E-state index in [1.807, 2.05) is 43.3 Å². The number of esters is 1. The Hall–Kier alpha value is -5.04. The van der Waals surface area contributed by atoms with Gasteiger partial charge in [0, 0.05) is 17.5 Å². The van der Waals surface area contributed by atoms with E-state index in [1.165, 1.54) is 11.0 Å². The first-order valence-electron chi connectivity index (χ1n) is 13.6. The summed E-state index contributed by atoms with van der Waals surface area (Å²) in [4.78, 5) is 54.5. The van der Waals surface area contributed by atoms with Crippen LogP contribution in [0.25, 0.3) is 0 Å². The summed E-state index contributed by atoms with van der Waals surface area (Å²) in [6.45, 7) is 1.40.